The monoisotopic (exact) mass is 394 g/mol. The van der Waals surface area contributed by atoms with Crippen LogP contribution in [0.5, 0.6) is 0 Å². The summed E-state index contributed by atoms with van der Waals surface area (Å²) in [7, 11) is 0. The molecule has 1 fully saturated rings. The highest BCUT2D eigenvalue weighted by atomic mass is 16.5. The van der Waals surface area contributed by atoms with Gasteiger partial charge in [-0.1, -0.05) is 67.6 Å². The molecule has 2 aromatic carbocycles. The minimum atomic E-state index is -0.715. The van der Waals surface area contributed by atoms with Gasteiger partial charge in [-0.3, -0.25) is 9.69 Å². The Morgan fingerprint density at radius 2 is 1.45 bits per heavy atom. The van der Waals surface area contributed by atoms with E-state index in [2.05, 4.69) is 49.9 Å². The molecule has 0 N–H and O–H groups in total. The fourth-order valence-corrected chi connectivity index (χ4v) is 4.66. The van der Waals surface area contributed by atoms with Crippen LogP contribution in [0.25, 0.3) is 0 Å². The Balaban J connectivity index is 2.14. The summed E-state index contributed by atoms with van der Waals surface area (Å²) in [5.74, 6) is 0.305. The van der Waals surface area contributed by atoms with Crippen molar-refractivity contribution in [2.24, 2.45) is 5.92 Å². The molecule has 0 bridgehead atoms. The zero-order chi connectivity index (χ0) is 20.7. The van der Waals surface area contributed by atoms with E-state index in [9.17, 15) is 4.79 Å². The number of morpholine rings is 1. The summed E-state index contributed by atoms with van der Waals surface area (Å²) in [4.78, 5) is 18.6. The SMILES string of the molecule is CCN(CC)C(=O)C(c1ccccc1)(c1ccccc1)[C@@H](C)CN1CCOCC1. The van der Waals surface area contributed by atoms with E-state index < -0.39 is 5.41 Å². The maximum absolute atomic E-state index is 14.2. The van der Waals surface area contributed by atoms with E-state index in [0.717, 1.165) is 44.0 Å². The van der Waals surface area contributed by atoms with Gasteiger partial charge in [0.25, 0.3) is 0 Å². The van der Waals surface area contributed by atoms with Crippen molar-refractivity contribution in [3.63, 3.8) is 0 Å². The predicted molar refractivity (Wildman–Crippen MR) is 118 cm³/mol. The maximum Gasteiger partial charge on any atom is 0.238 e. The third kappa shape index (κ3) is 4.39. The number of amides is 1. The molecule has 29 heavy (non-hydrogen) atoms. The van der Waals surface area contributed by atoms with Gasteiger partial charge in [-0.15, -0.1) is 0 Å². The highest BCUT2D eigenvalue weighted by Crippen LogP contribution is 2.41. The first-order valence-electron chi connectivity index (χ1n) is 10.8. The number of likely N-dealkylation sites (N-methyl/N-ethyl adjacent to an activating group) is 1. The Morgan fingerprint density at radius 1 is 0.966 bits per heavy atom. The smallest absolute Gasteiger partial charge is 0.238 e. The first-order chi connectivity index (χ1) is 14.1. The van der Waals surface area contributed by atoms with Crippen molar-refractivity contribution in [3.8, 4) is 0 Å². The molecule has 0 unspecified atom stereocenters. The summed E-state index contributed by atoms with van der Waals surface area (Å²) in [6, 6.07) is 20.7. The molecule has 1 aliphatic heterocycles. The molecule has 1 heterocycles. The molecular formula is C25H34N2O2. The third-order valence-corrected chi connectivity index (χ3v) is 6.22. The molecule has 156 valence electrons. The Hall–Kier alpha value is -2.17. The average molecular weight is 395 g/mol. The quantitative estimate of drug-likeness (QED) is 0.683. The average Bonchev–Trinajstić information content (AvgIpc) is 2.77. The molecule has 1 atom stereocenters. The predicted octanol–water partition coefficient (Wildman–Crippen LogP) is 3.81. The molecule has 2 aromatic rings. The van der Waals surface area contributed by atoms with Gasteiger partial charge in [0.1, 0.15) is 5.41 Å². The van der Waals surface area contributed by atoms with Gasteiger partial charge in [0.2, 0.25) is 5.91 Å². The first-order valence-corrected chi connectivity index (χ1v) is 10.8. The number of hydrogen-bond acceptors (Lipinski definition) is 3. The lowest BCUT2D eigenvalue weighted by molar-refractivity contribution is -0.137. The molecule has 3 rings (SSSR count). The zero-order valence-electron chi connectivity index (χ0n) is 18.0. The number of nitrogens with zero attached hydrogens (tertiary/aromatic N) is 2. The number of rotatable bonds is 8. The van der Waals surface area contributed by atoms with Gasteiger partial charge in [-0.25, -0.2) is 0 Å². The molecule has 1 amide bonds. The molecule has 1 saturated heterocycles. The van der Waals surface area contributed by atoms with Crippen LogP contribution in [0.1, 0.15) is 31.9 Å². The zero-order valence-corrected chi connectivity index (χ0v) is 18.0. The first kappa shape index (κ1) is 21.5. The highest BCUT2D eigenvalue weighted by molar-refractivity contribution is 5.92. The van der Waals surface area contributed by atoms with Crippen molar-refractivity contribution in [3.05, 3.63) is 71.8 Å². The van der Waals surface area contributed by atoms with Gasteiger partial charge in [0.15, 0.2) is 0 Å². The van der Waals surface area contributed by atoms with Crippen molar-refractivity contribution in [2.75, 3.05) is 45.9 Å². The minimum Gasteiger partial charge on any atom is -0.379 e. The summed E-state index contributed by atoms with van der Waals surface area (Å²) in [5, 5.41) is 0. The third-order valence-electron chi connectivity index (χ3n) is 6.22. The van der Waals surface area contributed by atoms with Crippen molar-refractivity contribution in [2.45, 2.75) is 26.2 Å². The Bertz CT molecular complexity index is 713. The van der Waals surface area contributed by atoms with E-state index in [0.29, 0.717) is 13.1 Å². The van der Waals surface area contributed by atoms with Gasteiger partial charge >= 0.3 is 0 Å². The van der Waals surface area contributed by atoms with Crippen LogP contribution in [0.4, 0.5) is 0 Å². The maximum atomic E-state index is 14.2. The number of benzene rings is 2. The Kier molecular flexibility index (Phi) is 7.45. The van der Waals surface area contributed by atoms with Crippen molar-refractivity contribution < 1.29 is 9.53 Å². The lowest BCUT2D eigenvalue weighted by Crippen LogP contribution is -2.54. The molecule has 4 heteroatoms. The van der Waals surface area contributed by atoms with Gasteiger partial charge in [0.05, 0.1) is 13.2 Å². The molecule has 0 aliphatic carbocycles. The molecular weight excluding hydrogens is 360 g/mol. The number of hydrogen-bond donors (Lipinski definition) is 0. The fraction of sp³-hybridized carbons (Fsp3) is 0.480. The van der Waals surface area contributed by atoms with Gasteiger partial charge in [-0.2, -0.15) is 0 Å². The second kappa shape index (κ2) is 10.0. The summed E-state index contributed by atoms with van der Waals surface area (Å²) in [5.41, 5.74) is 1.43. The van der Waals surface area contributed by atoms with E-state index >= 15 is 0 Å². The Morgan fingerprint density at radius 3 is 1.90 bits per heavy atom. The molecule has 0 radical (unpaired) electrons. The van der Waals surface area contributed by atoms with E-state index in [1.54, 1.807) is 0 Å². The van der Waals surface area contributed by atoms with Gasteiger partial charge in [-0.05, 0) is 30.9 Å². The molecule has 4 nitrogen and oxygen atoms in total. The van der Waals surface area contributed by atoms with Crippen LogP contribution in [0, 0.1) is 5.92 Å². The summed E-state index contributed by atoms with van der Waals surface area (Å²) in [6.07, 6.45) is 0. The fourth-order valence-electron chi connectivity index (χ4n) is 4.66. The van der Waals surface area contributed by atoms with Crippen LogP contribution in [0.3, 0.4) is 0 Å². The van der Waals surface area contributed by atoms with Crippen LogP contribution in [-0.4, -0.2) is 61.6 Å². The summed E-state index contributed by atoms with van der Waals surface area (Å²) in [6.45, 7) is 12.0. The standard InChI is InChI=1S/C25H34N2O2/c1-4-27(5-2)24(28)25(22-12-8-6-9-13-22,23-14-10-7-11-15-23)21(3)20-26-16-18-29-19-17-26/h6-15,21H,4-5,16-20H2,1-3H3/t21-/m0/s1. The topological polar surface area (TPSA) is 32.8 Å². The van der Waals surface area contributed by atoms with Crippen LogP contribution < -0.4 is 0 Å². The number of carbonyl (C=O) groups is 1. The van der Waals surface area contributed by atoms with Crippen molar-refractivity contribution in [1.82, 2.24) is 9.80 Å². The van der Waals surface area contributed by atoms with E-state index in [4.69, 9.17) is 4.74 Å². The van der Waals surface area contributed by atoms with Gasteiger partial charge in [0, 0.05) is 32.7 Å². The van der Waals surface area contributed by atoms with E-state index in [1.807, 2.05) is 41.3 Å². The number of ether oxygens (including phenoxy) is 1. The molecule has 0 saturated carbocycles. The molecule has 0 spiro atoms. The van der Waals surface area contributed by atoms with Crippen LogP contribution >= 0.6 is 0 Å². The normalized spacial score (nSPS) is 16.4. The van der Waals surface area contributed by atoms with Crippen LogP contribution in [0.15, 0.2) is 60.7 Å². The summed E-state index contributed by atoms with van der Waals surface area (Å²) < 4.78 is 5.54. The van der Waals surface area contributed by atoms with Crippen LogP contribution in [-0.2, 0) is 14.9 Å². The molecule has 0 aromatic heterocycles. The lowest BCUT2D eigenvalue weighted by atomic mass is 9.65. The largest absolute Gasteiger partial charge is 0.379 e. The van der Waals surface area contributed by atoms with Crippen LogP contribution in [0.2, 0.25) is 0 Å². The Labute approximate surface area is 175 Å². The van der Waals surface area contributed by atoms with Crippen molar-refractivity contribution >= 4 is 5.91 Å². The second-order valence-corrected chi connectivity index (χ2v) is 7.83. The second-order valence-electron chi connectivity index (χ2n) is 7.83. The van der Waals surface area contributed by atoms with E-state index in [-0.39, 0.29) is 11.8 Å². The molecule has 1 aliphatic rings. The van der Waals surface area contributed by atoms with E-state index in [1.165, 1.54) is 0 Å². The number of carbonyl (C=O) groups excluding carboxylic acids is 1. The minimum absolute atomic E-state index is 0.110. The van der Waals surface area contributed by atoms with Gasteiger partial charge < -0.3 is 9.64 Å². The van der Waals surface area contributed by atoms with Crippen molar-refractivity contribution in [1.29, 1.82) is 0 Å². The summed E-state index contributed by atoms with van der Waals surface area (Å²) >= 11 is 0. The lowest BCUT2D eigenvalue weighted by Gasteiger charge is -2.44. The highest BCUT2D eigenvalue weighted by Gasteiger charge is 2.48.